The van der Waals surface area contributed by atoms with Crippen molar-refractivity contribution < 1.29 is 22.8 Å². The van der Waals surface area contributed by atoms with Gasteiger partial charge in [-0.3, -0.25) is 14.0 Å². The van der Waals surface area contributed by atoms with E-state index in [2.05, 4.69) is 4.98 Å². The molecular formula is C16H7F3N2O2. The number of fused-ring (bicyclic) bond motifs is 5. The van der Waals surface area contributed by atoms with Gasteiger partial charge in [0.1, 0.15) is 17.0 Å². The Hall–Kier alpha value is -2.96. The highest BCUT2D eigenvalue weighted by Gasteiger charge is 2.36. The number of nitrogens with zero attached hydrogens (tertiary/aromatic N) is 2. The summed E-state index contributed by atoms with van der Waals surface area (Å²) in [7, 11) is 0. The van der Waals surface area contributed by atoms with Crippen LogP contribution in [0.15, 0.2) is 42.6 Å². The summed E-state index contributed by atoms with van der Waals surface area (Å²) >= 11 is 0. The number of carbonyl (C=O) groups excluding carboxylic acids is 2. The van der Waals surface area contributed by atoms with Crippen LogP contribution in [-0.4, -0.2) is 21.0 Å². The second-order valence-electron chi connectivity index (χ2n) is 5.16. The molecule has 7 heteroatoms. The van der Waals surface area contributed by atoms with Gasteiger partial charge in [-0.1, -0.05) is 24.3 Å². The van der Waals surface area contributed by atoms with E-state index < -0.39 is 23.3 Å². The Morgan fingerprint density at radius 3 is 2.30 bits per heavy atom. The van der Waals surface area contributed by atoms with E-state index in [4.69, 9.17) is 0 Å². The van der Waals surface area contributed by atoms with E-state index in [-0.39, 0.29) is 22.6 Å². The molecule has 1 aliphatic rings. The Labute approximate surface area is 127 Å². The number of Topliss-reactive ketones (excluding diaryl/α,β-unsaturated/α-hetero) is 2. The predicted molar refractivity (Wildman–Crippen MR) is 74.3 cm³/mol. The molecule has 2 heterocycles. The van der Waals surface area contributed by atoms with E-state index in [9.17, 15) is 22.8 Å². The summed E-state index contributed by atoms with van der Waals surface area (Å²) in [6.07, 6.45) is -3.76. The van der Waals surface area contributed by atoms with E-state index in [1.54, 1.807) is 18.2 Å². The number of ketones is 2. The van der Waals surface area contributed by atoms with E-state index in [0.717, 1.165) is 16.7 Å². The van der Waals surface area contributed by atoms with Crippen LogP contribution in [0.4, 0.5) is 13.2 Å². The topological polar surface area (TPSA) is 51.4 Å². The fourth-order valence-electron chi connectivity index (χ4n) is 2.73. The van der Waals surface area contributed by atoms with Gasteiger partial charge in [-0.05, 0) is 12.1 Å². The monoisotopic (exact) mass is 316 g/mol. The lowest BCUT2D eigenvalue weighted by molar-refractivity contribution is -0.137. The van der Waals surface area contributed by atoms with Crippen LogP contribution >= 0.6 is 0 Å². The minimum absolute atomic E-state index is 0.130. The molecule has 0 spiro atoms. The number of aromatic nitrogens is 2. The largest absolute Gasteiger partial charge is 0.417 e. The van der Waals surface area contributed by atoms with Crippen molar-refractivity contribution in [1.29, 1.82) is 0 Å². The highest BCUT2D eigenvalue weighted by atomic mass is 19.4. The number of pyridine rings is 1. The van der Waals surface area contributed by atoms with Crippen molar-refractivity contribution in [3.05, 3.63) is 59.4 Å². The van der Waals surface area contributed by atoms with E-state index in [0.29, 0.717) is 5.56 Å². The van der Waals surface area contributed by atoms with Crippen LogP contribution in [0.25, 0.3) is 16.9 Å². The van der Waals surface area contributed by atoms with E-state index in [1.165, 1.54) is 12.1 Å². The molecule has 0 saturated heterocycles. The summed E-state index contributed by atoms with van der Waals surface area (Å²) in [4.78, 5) is 28.7. The molecule has 4 nitrogen and oxygen atoms in total. The molecule has 0 amide bonds. The Kier molecular flexibility index (Phi) is 2.55. The normalized spacial score (nSPS) is 14.0. The third-order valence-corrected chi connectivity index (χ3v) is 3.79. The SMILES string of the molecule is O=C1C(=O)c2c(nc3ccc(C(F)(F)F)cn23)-c2ccccc21. The first kappa shape index (κ1) is 13.7. The van der Waals surface area contributed by atoms with Gasteiger partial charge in [-0.2, -0.15) is 13.2 Å². The average molecular weight is 316 g/mol. The summed E-state index contributed by atoms with van der Waals surface area (Å²) in [5.41, 5.74) is 0.0262. The predicted octanol–water partition coefficient (Wildman–Crippen LogP) is 3.40. The summed E-state index contributed by atoms with van der Waals surface area (Å²) in [5, 5.41) is 0. The first-order valence-corrected chi connectivity index (χ1v) is 6.65. The first-order valence-electron chi connectivity index (χ1n) is 6.65. The smallest absolute Gasteiger partial charge is 0.295 e. The highest BCUT2D eigenvalue weighted by molar-refractivity contribution is 6.52. The third kappa shape index (κ3) is 1.82. The van der Waals surface area contributed by atoms with E-state index in [1.807, 2.05) is 0 Å². The lowest BCUT2D eigenvalue weighted by Gasteiger charge is -2.13. The molecule has 0 aliphatic heterocycles. The summed E-state index contributed by atoms with van der Waals surface area (Å²) in [5.74, 6) is -1.60. The number of benzene rings is 1. The molecule has 0 N–H and O–H groups in total. The molecule has 2 aromatic heterocycles. The minimum Gasteiger partial charge on any atom is -0.295 e. The second-order valence-corrected chi connectivity index (χ2v) is 5.16. The van der Waals surface area contributed by atoms with E-state index >= 15 is 0 Å². The zero-order chi connectivity index (χ0) is 16.4. The van der Waals surface area contributed by atoms with Gasteiger partial charge in [0.05, 0.1) is 5.56 Å². The Balaban J connectivity index is 2.09. The van der Waals surface area contributed by atoms with Crippen LogP contribution in [0.2, 0.25) is 0 Å². The average Bonchev–Trinajstić information content (AvgIpc) is 2.90. The van der Waals surface area contributed by atoms with Crippen molar-refractivity contribution in [3.8, 4) is 11.3 Å². The van der Waals surface area contributed by atoms with Gasteiger partial charge in [0, 0.05) is 17.3 Å². The summed E-state index contributed by atoms with van der Waals surface area (Å²) < 4.78 is 39.7. The molecule has 3 aromatic rings. The van der Waals surface area contributed by atoms with Crippen molar-refractivity contribution >= 4 is 17.2 Å². The van der Waals surface area contributed by atoms with Gasteiger partial charge < -0.3 is 0 Å². The highest BCUT2D eigenvalue weighted by Crippen LogP contribution is 2.35. The zero-order valence-corrected chi connectivity index (χ0v) is 11.4. The number of hydrogen-bond donors (Lipinski definition) is 0. The quantitative estimate of drug-likeness (QED) is 0.597. The Morgan fingerprint density at radius 2 is 1.61 bits per heavy atom. The van der Waals surface area contributed by atoms with Gasteiger partial charge >= 0.3 is 6.18 Å². The minimum atomic E-state index is -4.55. The maximum atomic E-state index is 12.9. The fourth-order valence-corrected chi connectivity index (χ4v) is 2.73. The van der Waals surface area contributed by atoms with Gasteiger partial charge in [-0.25, -0.2) is 4.98 Å². The molecule has 0 radical (unpaired) electrons. The van der Waals surface area contributed by atoms with Crippen LogP contribution < -0.4 is 0 Å². The van der Waals surface area contributed by atoms with Crippen molar-refractivity contribution in [2.75, 3.05) is 0 Å². The van der Waals surface area contributed by atoms with Crippen LogP contribution in [0.3, 0.4) is 0 Å². The van der Waals surface area contributed by atoms with Gasteiger partial charge in [0.2, 0.25) is 5.78 Å². The molecule has 1 aliphatic carbocycles. The number of alkyl halides is 3. The molecule has 4 rings (SSSR count). The van der Waals surface area contributed by atoms with Crippen molar-refractivity contribution in [1.82, 2.24) is 9.38 Å². The van der Waals surface area contributed by atoms with Crippen LogP contribution in [0, 0.1) is 0 Å². The van der Waals surface area contributed by atoms with Gasteiger partial charge in [0.25, 0.3) is 5.78 Å². The van der Waals surface area contributed by atoms with Crippen LogP contribution in [0.1, 0.15) is 26.4 Å². The van der Waals surface area contributed by atoms with Crippen molar-refractivity contribution in [2.45, 2.75) is 6.18 Å². The maximum absolute atomic E-state index is 12.9. The molecule has 0 unspecified atom stereocenters. The lowest BCUT2D eigenvalue weighted by Crippen LogP contribution is -2.22. The molecule has 0 fully saturated rings. The maximum Gasteiger partial charge on any atom is 0.417 e. The fraction of sp³-hybridized carbons (Fsp3) is 0.0625. The summed E-state index contributed by atoms with van der Waals surface area (Å²) in [6, 6.07) is 8.50. The number of hydrogen-bond acceptors (Lipinski definition) is 3. The Bertz CT molecular complexity index is 1000. The van der Waals surface area contributed by atoms with Gasteiger partial charge in [-0.15, -0.1) is 0 Å². The van der Waals surface area contributed by atoms with Gasteiger partial charge in [0.15, 0.2) is 0 Å². The zero-order valence-electron chi connectivity index (χ0n) is 11.4. The molecule has 114 valence electrons. The number of halogens is 3. The third-order valence-electron chi connectivity index (χ3n) is 3.79. The van der Waals surface area contributed by atoms with Crippen LogP contribution in [0.5, 0.6) is 0 Å². The second kappa shape index (κ2) is 4.28. The molecule has 0 saturated carbocycles. The van der Waals surface area contributed by atoms with Crippen molar-refractivity contribution in [3.63, 3.8) is 0 Å². The Morgan fingerprint density at radius 1 is 0.913 bits per heavy atom. The molecule has 23 heavy (non-hydrogen) atoms. The number of imidazole rings is 1. The van der Waals surface area contributed by atoms with Crippen molar-refractivity contribution in [2.24, 2.45) is 0 Å². The lowest BCUT2D eigenvalue weighted by atomic mass is 9.90. The van der Waals surface area contributed by atoms with Crippen LogP contribution in [-0.2, 0) is 6.18 Å². The molecule has 0 bridgehead atoms. The number of rotatable bonds is 0. The molecule has 1 aromatic carbocycles. The summed E-state index contributed by atoms with van der Waals surface area (Å²) in [6.45, 7) is 0. The standard InChI is InChI=1S/C16H7F3N2O2/c17-16(18,19)8-5-6-11-20-12-9-3-1-2-4-10(9)14(22)15(23)13(12)21(11)7-8/h1-7H. The molecular weight excluding hydrogens is 309 g/mol. The number of carbonyl (C=O) groups is 2. The molecule has 0 atom stereocenters. The first-order chi connectivity index (χ1) is 10.9.